The standard InChI is InChI=1S/C11H14O2/c1-13-11-6-9(5-10(12)7-11)8-3-2-4-8/h6-7,12H,2-5H2,1H3. The third kappa shape index (κ3) is 1.62. The molecule has 0 spiro atoms. The molecular formula is C11H14O2. The van der Waals surface area contributed by atoms with Crippen LogP contribution in [-0.4, -0.2) is 12.2 Å². The first kappa shape index (κ1) is 8.42. The molecule has 0 aromatic heterocycles. The summed E-state index contributed by atoms with van der Waals surface area (Å²) in [4.78, 5) is 0. The molecule has 0 aromatic rings. The van der Waals surface area contributed by atoms with Gasteiger partial charge in [0.15, 0.2) is 0 Å². The van der Waals surface area contributed by atoms with Gasteiger partial charge in [-0.2, -0.15) is 0 Å². The highest BCUT2D eigenvalue weighted by molar-refractivity contribution is 5.40. The van der Waals surface area contributed by atoms with Crippen molar-refractivity contribution in [2.45, 2.75) is 25.7 Å². The van der Waals surface area contributed by atoms with Crippen LogP contribution in [0.2, 0.25) is 0 Å². The van der Waals surface area contributed by atoms with Crippen molar-refractivity contribution >= 4 is 0 Å². The van der Waals surface area contributed by atoms with Crippen molar-refractivity contribution in [3.8, 4) is 0 Å². The summed E-state index contributed by atoms with van der Waals surface area (Å²) in [5, 5.41) is 9.46. The first-order valence-electron chi connectivity index (χ1n) is 4.65. The van der Waals surface area contributed by atoms with Gasteiger partial charge in [-0.1, -0.05) is 5.57 Å². The smallest absolute Gasteiger partial charge is 0.122 e. The van der Waals surface area contributed by atoms with E-state index < -0.39 is 0 Å². The summed E-state index contributed by atoms with van der Waals surface area (Å²) in [6.45, 7) is 0. The van der Waals surface area contributed by atoms with E-state index in [2.05, 4.69) is 0 Å². The van der Waals surface area contributed by atoms with Gasteiger partial charge in [-0.05, 0) is 30.9 Å². The van der Waals surface area contributed by atoms with Crippen LogP contribution in [0.3, 0.4) is 0 Å². The molecule has 0 atom stereocenters. The molecule has 2 heteroatoms. The zero-order chi connectivity index (χ0) is 9.26. The van der Waals surface area contributed by atoms with Crippen LogP contribution in [0.15, 0.2) is 34.8 Å². The normalized spacial score (nSPS) is 21.9. The SMILES string of the molecule is COC1=CC(=C2CCC2)CC(O)=C1. The van der Waals surface area contributed by atoms with Gasteiger partial charge in [0.05, 0.1) is 7.11 Å². The third-order valence-corrected chi connectivity index (χ3v) is 2.64. The maximum absolute atomic E-state index is 9.46. The molecule has 2 aliphatic carbocycles. The van der Waals surface area contributed by atoms with E-state index in [0.717, 1.165) is 5.76 Å². The lowest BCUT2D eigenvalue weighted by molar-refractivity contribution is 0.296. The first-order valence-corrected chi connectivity index (χ1v) is 4.65. The topological polar surface area (TPSA) is 29.5 Å². The molecule has 1 saturated carbocycles. The van der Waals surface area contributed by atoms with Crippen molar-refractivity contribution < 1.29 is 9.84 Å². The van der Waals surface area contributed by atoms with Crippen LogP contribution in [-0.2, 0) is 4.74 Å². The lowest BCUT2D eigenvalue weighted by Gasteiger charge is -2.22. The Balaban J connectivity index is 2.25. The van der Waals surface area contributed by atoms with Gasteiger partial charge in [0, 0.05) is 12.5 Å². The summed E-state index contributed by atoms with van der Waals surface area (Å²) in [5.74, 6) is 1.17. The molecule has 0 aliphatic heterocycles. The van der Waals surface area contributed by atoms with Gasteiger partial charge in [-0.25, -0.2) is 0 Å². The van der Waals surface area contributed by atoms with Crippen LogP contribution < -0.4 is 0 Å². The van der Waals surface area contributed by atoms with Crippen LogP contribution >= 0.6 is 0 Å². The highest BCUT2D eigenvalue weighted by atomic mass is 16.5. The molecule has 1 N–H and O–H groups in total. The minimum Gasteiger partial charge on any atom is -0.512 e. The minimum atomic E-state index is 0.411. The number of ether oxygens (including phenoxy) is 1. The quantitative estimate of drug-likeness (QED) is 0.669. The molecule has 0 radical (unpaired) electrons. The van der Waals surface area contributed by atoms with E-state index in [-0.39, 0.29) is 0 Å². The number of aliphatic hydroxyl groups is 1. The molecule has 0 amide bonds. The minimum absolute atomic E-state index is 0.411. The number of hydrogen-bond donors (Lipinski definition) is 1. The van der Waals surface area contributed by atoms with Crippen LogP contribution in [0.4, 0.5) is 0 Å². The van der Waals surface area contributed by atoms with Crippen molar-refractivity contribution in [3.05, 3.63) is 34.8 Å². The Morgan fingerprint density at radius 1 is 1.31 bits per heavy atom. The number of allylic oxidation sites excluding steroid dienone is 4. The summed E-state index contributed by atoms with van der Waals surface area (Å²) < 4.78 is 5.10. The summed E-state index contributed by atoms with van der Waals surface area (Å²) in [7, 11) is 1.63. The zero-order valence-electron chi connectivity index (χ0n) is 7.84. The van der Waals surface area contributed by atoms with Crippen molar-refractivity contribution in [2.24, 2.45) is 0 Å². The van der Waals surface area contributed by atoms with E-state index >= 15 is 0 Å². The Morgan fingerprint density at radius 3 is 2.62 bits per heavy atom. The Bertz CT molecular complexity index is 302. The Morgan fingerprint density at radius 2 is 2.08 bits per heavy atom. The molecule has 13 heavy (non-hydrogen) atoms. The number of methoxy groups -OCH3 is 1. The Kier molecular flexibility index (Phi) is 2.13. The Hall–Kier alpha value is -1.18. The van der Waals surface area contributed by atoms with Gasteiger partial charge in [-0.15, -0.1) is 0 Å². The van der Waals surface area contributed by atoms with Crippen LogP contribution in [0.5, 0.6) is 0 Å². The van der Waals surface area contributed by atoms with Crippen molar-refractivity contribution in [1.82, 2.24) is 0 Å². The number of aliphatic hydroxyl groups excluding tert-OH is 1. The largest absolute Gasteiger partial charge is 0.512 e. The highest BCUT2D eigenvalue weighted by Gasteiger charge is 2.17. The summed E-state index contributed by atoms with van der Waals surface area (Å²) >= 11 is 0. The van der Waals surface area contributed by atoms with Gasteiger partial charge in [0.1, 0.15) is 11.5 Å². The first-order chi connectivity index (χ1) is 6.29. The summed E-state index contributed by atoms with van der Waals surface area (Å²) in [5.41, 5.74) is 2.73. The molecule has 0 unspecified atom stereocenters. The molecule has 0 saturated heterocycles. The van der Waals surface area contributed by atoms with Crippen molar-refractivity contribution in [1.29, 1.82) is 0 Å². The molecule has 2 nitrogen and oxygen atoms in total. The van der Waals surface area contributed by atoms with Gasteiger partial charge < -0.3 is 9.84 Å². The van der Waals surface area contributed by atoms with Crippen LogP contribution in [0, 0.1) is 0 Å². The van der Waals surface area contributed by atoms with E-state index in [1.807, 2.05) is 6.08 Å². The van der Waals surface area contributed by atoms with E-state index in [0.29, 0.717) is 12.2 Å². The maximum Gasteiger partial charge on any atom is 0.122 e. The van der Waals surface area contributed by atoms with Gasteiger partial charge in [0.2, 0.25) is 0 Å². The van der Waals surface area contributed by atoms with Gasteiger partial charge in [-0.3, -0.25) is 0 Å². The molecule has 2 rings (SSSR count). The molecule has 1 fully saturated rings. The number of rotatable bonds is 1. The van der Waals surface area contributed by atoms with Crippen molar-refractivity contribution in [2.75, 3.05) is 7.11 Å². The second-order valence-corrected chi connectivity index (χ2v) is 3.55. The van der Waals surface area contributed by atoms with Crippen LogP contribution in [0.1, 0.15) is 25.7 Å². The lowest BCUT2D eigenvalue weighted by Crippen LogP contribution is -2.05. The molecule has 70 valence electrons. The second kappa shape index (κ2) is 3.29. The Labute approximate surface area is 78.2 Å². The predicted molar refractivity (Wildman–Crippen MR) is 51.3 cm³/mol. The summed E-state index contributed by atoms with van der Waals surface area (Å²) in [6, 6.07) is 0. The lowest BCUT2D eigenvalue weighted by atomic mass is 9.85. The molecule has 0 bridgehead atoms. The maximum atomic E-state index is 9.46. The fraction of sp³-hybridized carbons (Fsp3) is 0.455. The monoisotopic (exact) mass is 178 g/mol. The summed E-state index contributed by atoms with van der Waals surface area (Å²) in [6.07, 6.45) is 8.07. The van der Waals surface area contributed by atoms with E-state index in [9.17, 15) is 5.11 Å². The fourth-order valence-corrected chi connectivity index (χ4v) is 1.69. The number of hydrogen-bond acceptors (Lipinski definition) is 2. The highest BCUT2D eigenvalue weighted by Crippen LogP contribution is 2.34. The zero-order valence-corrected chi connectivity index (χ0v) is 7.84. The van der Waals surface area contributed by atoms with Gasteiger partial charge in [0.25, 0.3) is 0 Å². The molecule has 2 aliphatic rings. The third-order valence-electron chi connectivity index (χ3n) is 2.64. The molecule has 0 heterocycles. The predicted octanol–water partition coefficient (Wildman–Crippen LogP) is 2.84. The van der Waals surface area contributed by atoms with E-state index in [4.69, 9.17) is 4.74 Å². The van der Waals surface area contributed by atoms with Crippen LogP contribution in [0.25, 0.3) is 0 Å². The average molecular weight is 178 g/mol. The van der Waals surface area contributed by atoms with E-state index in [1.165, 1.54) is 30.4 Å². The average Bonchev–Trinajstić information content (AvgIpc) is 2.00. The molecule has 0 aromatic carbocycles. The van der Waals surface area contributed by atoms with Gasteiger partial charge >= 0.3 is 0 Å². The van der Waals surface area contributed by atoms with E-state index in [1.54, 1.807) is 13.2 Å². The second-order valence-electron chi connectivity index (χ2n) is 3.55. The molecular weight excluding hydrogens is 164 g/mol. The fourth-order valence-electron chi connectivity index (χ4n) is 1.69. The van der Waals surface area contributed by atoms with Crippen molar-refractivity contribution in [3.63, 3.8) is 0 Å².